The third-order valence-electron chi connectivity index (χ3n) is 2.83. The third kappa shape index (κ3) is 2.96. The van der Waals surface area contributed by atoms with Crippen LogP contribution in [0.25, 0.3) is 11.4 Å². The number of nitrogens with one attached hydrogen (secondary N) is 1. The number of hydrogen-bond acceptors (Lipinski definition) is 4. The van der Waals surface area contributed by atoms with Crippen LogP contribution in [0.4, 0.5) is 0 Å². The average Bonchev–Trinajstić information content (AvgIpc) is 2.85. The maximum absolute atomic E-state index is 5.18. The van der Waals surface area contributed by atoms with Crippen molar-refractivity contribution in [1.29, 1.82) is 0 Å². The molecule has 2 rings (SSSR count). The normalized spacial score (nSPS) is 11.1. The van der Waals surface area contributed by atoms with E-state index in [1.807, 2.05) is 19.1 Å². The van der Waals surface area contributed by atoms with Crippen LogP contribution in [0.15, 0.2) is 28.8 Å². The van der Waals surface area contributed by atoms with E-state index < -0.39 is 0 Å². The smallest absolute Gasteiger partial charge is 0.240 e. The minimum atomic E-state index is 0.536. The van der Waals surface area contributed by atoms with Gasteiger partial charge < -0.3 is 9.84 Å². The molecule has 0 aliphatic carbocycles. The van der Waals surface area contributed by atoms with Gasteiger partial charge in [0.2, 0.25) is 11.7 Å². The van der Waals surface area contributed by atoms with Crippen molar-refractivity contribution in [3.63, 3.8) is 0 Å². The van der Waals surface area contributed by atoms with Crippen LogP contribution < -0.4 is 5.32 Å². The molecule has 0 bridgehead atoms. The second-order valence-electron chi connectivity index (χ2n) is 4.57. The van der Waals surface area contributed by atoms with E-state index in [0.29, 0.717) is 24.2 Å². The summed E-state index contributed by atoms with van der Waals surface area (Å²) >= 11 is 0. The zero-order valence-electron chi connectivity index (χ0n) is 11.1. The van der Waals surface area contributed by atoms with Crippen LogP contribution in [0.1, 0.15) is 38.1 Å². The van der Waals surface area contributed by atoms with Gasteiger partial charge in [0.15, 0.2) is 0 Å². The summed E-state index contributed by atoms with van der Waals surface area (Å²) in [7, 11) is 0. The van der Waals surface area contributed by atoms with Gasteiger partial charge in [0.05, 0.1) is 6.54 Å². The summed E-state index contributed by atoms with van der Waals surface area (Å²) in [5.74, 6) is 1.81. The predicted molar refractivity (Wildman–Crippen MR) is 71.2 cm³/mol. The van der Waals surface area contributed by atoms with E-state index in [4.69, 9.17) is 4.52 Å². The molecule has 0 unspecified atom stereocenters. The molecule has 0 spiro atoms. The zero-order valence-corrected chi connectivity index (χ0v) is 11.1. The number of rotatable bonds is 5. The summed E-state index contributed by atoms with van der Waals surface area (Å²) in [5, 5.41) is 7.14. The van der Waals surface area contributed by atoms with Crippen molar-refractivity contribution in [3.8, 4) is 11.4 Å². The Bertz CT molecular complexity index is 488. The molecule has 0 aliphatic rings. The Balaban J connectivity index is 2.13. The van der Waals surface area contributed by atoms with Crippen molar-refractivity contribution < 1.29 is 4.52 Å². The number of hydrogen-bond donors (Lipinski definition) is 1. The molecule has 0 atom stereocenters. The SMILES string of the molecule is CCNCc1nc(-c2ccc(C(C)C)cc2)no1. The summed E-state index contributed by atoms with van der Waals surface area (Å²) in [5.41, 5.74) is 2.31. The molecule has 0 saturated carbocycles. The Labute approximate surface area is 107 Å². The van der Waals surface area contributed by atoms with Crippen molar-refractivity contribution >= 4 is 0 Å². The van der Waals surface area contributed by atoms with Crippen LogP contribution >= 0.6 is 0 Å². The lowest BCUT2D eigenvalue weighted by Crippen LogP contribution is -2.11. The fourth-order valence-corrected chi connectivity index (χ4v) is 1.69. The summed E-state index contributed by atoms with van der Waals surface area (Å²) in [6.07, 6.45) is 0. The van der Waals surface area contributed by atoms with E-state index in [-0.39, 0.29) is 0 Å². The molecule has 1 aromatic carbocycles. The maximum Gasteiger partial charge on any atom is 0.240 e. The first kappa shape index (κ1) is 12.8. The van der Waals surface area contributed by atoms with Gasteiger partial charge in [0, 0.05) is 5.56 Å². The highest BCUT2D eigenvalue weighted by Crippen LogP contribution is 2.20. The topological polar surface area (TPSA) is 51.0 Å². The number of nitrogens with zero attached hydrogens (tertiary/aromatic N) is 2. The van der Waals surface area contributed by atoms with Gasteiger partial charge >= 0.3 is 0 Å². The van der Waals surface area contributed by atoms with E-state index in [9.17, 15) is 0 Å². The standard InChI is InChI=1S/C14H19N3O/c1-4-15-9-13-16-14(17-18-13)12-7-5-11(6-8-12)10(2)3/h5-8,10,15H,4,9H2,1-3H3. The zero-order chi connectivity index (χ0) is 13.0. The molecule has 0 fully saturated rings. The molecule has 0 saturated heterocycles. The van der Waals surface area contributed by atoms with Crippen molar-refractivity contribution in [2.75, 3.05) is 6.54 Å². The van der Waals surface area contributed by atoms with Gasteiger partial charge in [-0.05, 0) is 18.0 Å². The minimum absolute atomic E-state index is 0.536. The van der Waals surface area contributed by atoms with Crippen LogP contribution in [-0.4, -0.2) is 16.7 Å². The van der Waals surface area contributed by atoms with Crippen LogP contribution in [-0.2, 0) is 6.54 Å². The second kappa shape index (κ2) is 5.78. The molecule has 1 aromatic heterocycles. The lowest BCUT2D eigenvalue weighted by Gasteiger charge is -2.04. The van der Waals surface area contributed by atoms with Crippen LogP contribution in [0.3, 0.4) is 0 Å². The Hall–Kier alpha value is -1.68. The molecule has 0 aliphatic heterocycles. The van der Waals surface area contributed by atoms with Gasteiger partial charge in [0.25, 0.3) is 0 Å². The van der Waals surface area contributed by atoms with E-state index in [1.54, 1.807) is 0 Å². The van der Waals surface area contributed by atoms with E-state index in [0.717, 1.165) is 12.1 Å². The fourth-order valence-electron chi connectivity index (χ4n) is 1.69. The summed E-state index contributed by atoms with van der Waals surface area (Å²) in [4.78, 5) is 4.35. The Morgan fingerprint density at radius 2 is 1.94 bits per heavy atom. The highest BCUT2D eigenvalue weighted by Gasteiger charge is 2.08. The molecule has 1 N–H and O–H groups in total. The average molecular weight is 245 g/mol. The Morgan fingerprint density at radius 3 is 2.56 bits per heavy atom. The first-order valence-corrected chi connectivity index (χ1v) is 6.34. The molecular formula is C14H19N3O. The Morgan fingerprint density at radius 1 is 1.22 bits per heavy atom. The van der Waals surface area contributed by atoms with Gasteiger partial charge in [-0.2, -0.15) is 4.98 Å². The van der Waals surface area contributed by atoms with E-state index in [1.165, 1.54) is 5.56 Å². The quantitative estimate of drug-likeness (QED) is 0.879. The van der Waals surface area contributed by atoms with Gasteiger partial charge in [0.1, 0.15) is 0 Å². The lowest BCUT2D eigenvalue weighted by molar-refractivity contribution is 0.369. The van der Waals surface area contributed by atoms with Crippen molar-refractivity contribution in [2.45, 2.75) is 33.2 Å². The second-order valence-corrected chi connectivity index (χ2v) is 4.57. The lowest BCUT2D eigenvalue weighted by atomic mass is 10.0. The van der Waals surface area contributed by atoms with Crippen LogP contribution in [0.5, 0.6) is 0 Å². The van der Waals surface area contributed by atoms with Crippen LogP contribution in [0, 0.1) is 0 Å². The highest BCUT2D eigenvalue weighted by atomic mass is 16.5. The first-order chi connectivity index (χ1) is 8.70. The number of benzene rings is 1. The van der Waals surface area contributed by atoms with Gasteiger partial charge in [-0.25, -0.2) is 0 Å². The van der Waals surface area contributed by atoms with Gasteiger partial charge in [-0.1, -0.05) is 50.2 Å². The van der Waals surface area contributed by atoms with Gasteiger partial charge in [-0.15, -0.1) is 0 Å². The van der Waals surface area contributed by atoms with E-state index in [2.05, 4.69) is 41.4 Å². The summed E-state index contributed by atoms with van der Waals surface area (Å²) in [6, 6.07) is 8.30. The molecule has 1 heterocycles. The molecule has 18 heavy (non-hydrogen) atoms. The van der Waals surface area contributed by atoms with Crippen molar-refractivity contribution in [2.24, 2.45) is 0 Å². The largest absolute Gasteiger partial charge is 0.338 e. The van der Waals surface area contributed by atoms with E-state index >= 15 is 0 Å². The van der Waals surface area contributed by atoms with Crippen molar-refractivity contribution in [3.05, 3.63) is 35.7 Å². The summed E-state index contributed by atoms with van der Waals surface area (Å²) in [6.45, 7) is 7.91. The molecule has 2 aromatic rings. The molecule has 4 heteroatoms. The molecule has 96 valence electrons. The van der Waals surface area contributed by atoms with Gasteiger partial charge in [-0.3, -0.25) is 0 Å². The summed E-state index contributed by atoms with van der Waals surface area (Å²) < 4.78 is 5.18. The monoisotopic (exact) mass is 245 g/mol. The molecular weight excluding hydrogens is 226 g/mol. The van der Waals surface area contributed by atoms with Crippen molar-refractivity contribution in [1.82, 2.24) is 15.5 Å². The minimum Gasteiger partial charge on any atom is -0.338 e. The predicted octanol–water partition coefficient (Wildman–Crippen LogP) is 2.97. The Kier molecular flexibility index (Phi) is 4.10. The maximum atomic E-state index is 5.18. The molecule has 0 amide bonds. The number of aromatic nitrogens is 2. The van der Waals surface area contributed by atoms with Crippen LogP contribution in [0.2, 0.25) is 0 Å². The fraction of sp³-hybridized carbons (Fsp3) is 0.429. The highest BCUT2D eigenvalue weighted by molar-refractivity contribution is 5.54. The molecule has 0 radical (unpaired) electrons. The third-order valence-corrected chi connectivity index (χ3v) is 2.83. The first-order valence-electron chi connectivity index (χ1n) is 6.34. The molecule has 4 nitrogen and oxygen atoms in total.